The van der Waals surface area contributed by atoms with Crippen molar-refractivity contribution < 1.29 is 14.3 Å². The summed E-state index contributed by atoms with van der Waals surface area (Å²) in [6, 6.07) is 3.73. The number of amides is 1. The van der Waals surface area contributed by atoms with Gasteiger partial charge in [0.2, 0.25) is 17.8 Å². The number of carbonyl (C=O) groups excluding carboxylic acids is 1. The number of nitrogens with zero attached hydrogens (tertiary/aromatic N) is 5. The number of carbonyl (C=O) groups is 1. The van der Waals surface area contributed by atoms with Crippen molar-refractivity contribution in [3.05, 3.63) is 22.7 Å². The molecule has 0 unspecified atom stereocenters. The molecular weight excluding hydrogens is 468 g/mol. The van der Waals surface area contributed by atoms with Crippen LogP contribution in [0.2, 0.25) is 5.02 Å². The number of ether oxygens (including phenoxy) is 2. The van der Waals surface area contributed by atoms with Crippen molar-refractivity contribution >= 4 is 46.9 Å². The highest BCUT2D eigenvalue weighted by molar-refractivity contribution is 7.99. The van der Waals surface area contributed by atoms with Crippen LogP contribution in [0.25, 0.3) is 5.78 Å². The van der Waals surface area contributed by atoms with Gasteiger partial charge in [0, 0.05) is 19.6 Å². The number of fused-ring (bicyclic) bond motifs is 2. The highest BCUT2D eigenvalue weighted by Gasteiger charge is 2.18. The van der Waals surface area contributed by atoms with Gasteiger partial charge < -0.3 is 25.4 Å². The second kappa shape index (κ2) is 10.8. The van der Waals surface area contributed by atoms with Gasteiger partial charge in [0.1, 0.15) is 13.2 Å². The summed E-state index contributed by atoms with van der Waals surface area (Å²) >= 11 is 7.55. The Hall–Kier alpha value is -2.99. The minimum Gasteiger partial charge on any atom is -0.486 e. The van der Waals surface area contributed by atoms with E-state index in [1.165, 1.54) is 11.8 Å². The number of anilines is 2. The zero-order valence-electron chi connectivity index (χ0n) is 18.4. The minimum atomic E-state index is -0.115. The Morgan fingerprint density at radius 3 is 2.79 bits per heavy atom. The van der Waals surface area contributed by atoms with E-state index in [9.17, 15) is 4.79 Å². The molecule has 13 heteroatoms. The maximum Gasteiger partial charge on any atom is 0.261 e. The Bertz CT molecular complexity index is 1140. The molecule has 0 bridgehead atoms. The van der Waals surface area contributed by atoms with E-state index >= 15 is 0 Å². The molecule has 3 aromatic rings. The van der Waals surface area contributed by atoms with Gasteiger partial charge in [0.05, 0.1) is 10.8 Å². The standard InChI is InChI=1S/C20H25ClN8O3S/c1-3-22-17-25-18(23-4-2)29-19(26-17)27-28-20(29)33-11-15(30)24-6-5-12-9-13(21)16-14(10-12)31-7-8-32-16/h9-10H,3-8,11H2,1-2H3,(H,24,30)(H2,22,23,25,26,27). The van der Waals surface area contributed by atoms with Gasteiger partial charge in [0.15, 0.2) is 16.7 Å². The predicted molar refractivity (Wildman–Crippen MR) is 127 cm³/mol. The monoisotopic (exact) mass is 492 g/mol. The summed E-state index contributed by atoms with van der Waals surface area (Å²) < 4.78 is 12.8. The third kappa shape index (κ3) is 5.50. The van der Waals surface area contributed by atoms with Crippen molar-refractivity contribution in [2.24, 2.45) is 0 Å². The molecule has 0 radical (unpaired) electrons. The summed E-state index contributed by atoms with van der Waals surface area (Å²) in [6.45, 7) is 6.75. The van der Waals surface area contributed by atoms with Gasteiger partial charge in [-0.25, -0.2) is 4.40 Å². The van der Waals surface area contributed by atoms with Gasteiger partial charge in [0.25, 0.3) is 5.78 Å². The van der Waals surface area contributed by atoms with Crippen LogP contribution in [0, 0.1) is 0 Å². The molecule has 0 fully saturated rings. The predicted octanol–water partition coefficient (Wildman–Crippen LogP) is 2.26. The molecule has 0 saturated heterocycles. The number of hydrogen-bond acceptors (Lipinski definition) is 10. The van der Waals surface area contributed by atoms with E-state index < -0.39 is 0 Å². The average Bonchev–Trinajstić information content (AvgIpc) is 3.21. The van der Waals surface area contributed by atoms with Crippen LogP contribution in [0.3, 0.4) is 0 Å². The smallest absolute Gasteiger partial charge is 0.261 e. The van der Waals surface area contributed by atoms with E-state index in [1.54, 1.807) is 4.40 Å². The van der Waals surface area contributed by atoms with E-state index in [4.69, 9.17) is 21.1 Å². The summed E-state index contributed by atoms with van der Waals surface area (Å²) in [4.78, 5) is 21.2. The van der Waals surface area contributed by atoms with E-state index in [-0.39, 0.29) is 11.7 Å². The normalized spacial score (nSPS) is 12.6. The lowest BCUT2D eigenvalue weighted by Crippen LogP contribution is -2.27. The molecule has 0 spiro atoms. The number of rotatable bonds is 10. The number of aromatic nitrogens is 5. The molecule has 0 aliphatic carbocycles. The van der Waals surface area contributed by atoms with E-state index in [0.717, 1.165) is 5.56 Å². The van der Waals surface area contributed by atoms with Gasteiger partial charge in [-0.3, -0.25) is 4.79 Å². The van der Waals surface area contributed by atoms with Crippen LogP contribution >= 0.6 is 23.4 Å². The molecule has 4 rings (SSSR count). The Kier molecular flexibility index (Phi) is 7.55. The fraction of sp³-hybridized carbons (Fsp3) is 0.450. The lowest BCUT2D eigenvalue weighted by atomic mass is 10.1. The molecule has 1 aliphatic rings. The number of halogens is 1. The third-order valence-corrected chi connectivity index (χ3v) is 5.85. The topological polar surface area (TPSA) is 128 Å². The van der Waals surface area contributed by atoms with Crippen molar-refractivity contribution in [2.75, 3.05) is 49.2 Å². The maximum atomic E-state index is 12.4. The largest absolute Gasteiger partial charge is 0.486 e. The van der Waals surface area contributed by atoms with Crippen molar-refractivity contribution in [2.45, 2.75) is 25.4 Å². The fourth-order valence-electron chi connectivity index (χ4n) is 3.23. The van der Waals surface area contributed by atoms with Crippen molar-refractivity contribution in [3.63, 3.8) is 0 Å². The summed E-state index contributed by atoms with van der Waals surface area (Å²) in [5.74, 6) is 2.74. The molecule has 0 saturated carbocycles. The summed E-state index contributed by atoms with van der Waals surface area (Å²) in [5.41, 5.74) is 0.963. The van der Waals surface area contributed by atoms with Crippen LogP contribution in [-0.2, 0) is 11.2 Å². The molecule has 1 amide bonds. The zero-order chi connectivity index (χ0) is 23.2. The van der Waals surface area contributed by atoms with Crippen LogP contribution in [0.15, 0.2) is 17.3 Å². The van der Waals surface area contributed by atoms with Crippen LogP contribution in [0.4, 0.5) is 11.9 Å². The van der Waals surface area contributed by atoms with Crippen molar-refractivity contribution in [1.29, 1.82) is 0 Å². The lowest BCUT2D eigenvalue weighted by Gasteiger charge is -2.20. The third-order valence-electron chi connectivity index (χ3n) is 4.64. The number of thioether (sulfide) groups is 1. The molecular formula is C20H25ClN8O3S. The first-order valence-corrected chi connectivity index (χ1v) is 12.0. The lowest BCUT2D eigenvalue weighted by molar-refractivity contribution is -0.118. The highest BCUT2D eigenvalue weighted by Crippen LogP contribution is 2.38. The van der Waals surface area contributed by atoms with E-state index in [1.807, 2.05) is 26.0 Å². The first-order chi connectivity index (χ1) is 16.1. The first kappa shape index (κ1) is 23.2. The minimum absolute atomic E-state index is 0.115. The summed E-state index contributed by atoms with van der Waals surface area (Å²) in [7, 11) is 0. The highest BCUT2D eigenvalue weighted by atomic mass is 35.5. The van der Waals surface area contributed by atoms with Crippen LogP contribution < -0.4 is 25.4 Å². The molecule has 11 nitrogen and oxygen atoms in total. The van der Waals surface area contributed by atoms with Crippen LogP contribution in [-0.4, -0.2) is 69.1 Å². The summed E-state index contributed by atoms with van der Waals surface area (Å²) in [6.07, 6.45) is 0.617. The van der Waals surface area contributed by atoms with Crippen molar-refractivity contribution in [1.82, 2.24) is 29.9 Å². The second-order valence-corrected chi connectivity index (χ2v) is 8.39. The molecule has 33 heavy (non-hydrogen) atoms. The average molecular weight is 493 g/mol. The van der Waals surface area contributed by atoms with E-state index in [2.05, 4.69) is 36.1 Å². The number of hydrogen-bond donors (Lipinski definition) is 3. The SMILES string of the molecule is CCNc1nc(NCC)n2c(SCC(=O)NCCc3cc(Cl)c4c(c3)OCCO4)nnc2n1. The quantitative estimate of drug-likeness (QED) is 0.362. The molecule has 3 N–H and O–H groups in total. The zero-order valence-corrected chi connectivity index (χ0v) is 19.9. The fourth-order valence-corrected chi connectivity index (χ4v) is 4.28. The Balaban J connectivity index is 1.34. The van der Waals surface area contributed by atoms with Gasteiger partial charge >= 0.3 is 0 Å². The van der Waals surface area contributed by atoms with Gasteiger partial charge in [-0.05, 0) is 38.0 Å². The Morgan fingerprint density at radius 1 is 1.15 bits per heavy atom. The molecule has 0 atom stereocenters. The summed E-state index contributed by atoms with van der Waals surface area (Å²) in [5, 5.41) is 18.5. The van der Waals surface area contributed by atoms with Crippen LogP contribution in [0.1, 0.15) is 19.4 Å². The van der Waals surface area contributed by atoms with Crippen molar-refractivity contribution in [3.8, 4) is 11.5 Å². The molecule has 2 aromatic heterocycles. The van der Waals surface area contributed by atoms with Gasteiger partial charge in [-0.2, -0.15) is 9.97 Å². The molecule has 176 valence electrons. The Labute approximate surface area is 200 Å². The van der Waals surface area contributed by atoms with Crippen LogP contribution in [0.5, 0.6) is 11.5 Å². The van der Waals surface area contributed by atoms with Gasteiger partial charge in [-0.15, -0.1) is 10.2 Å². The molecule has 3 heterocycles. The van der Waals surface area contributed by atoms with Gasteiger partial charge in [-0.1, -0.05) is 23.4 Å². The molecule has 1 aromatic carbocycles. The maximum absolute atomic E-state index is 12.4. The number of nitrogens with one attached hydrogen (secondary N) is 3. The Morgan fingerprint density at radius 2 is 1.97 bits per heavy atom. The van der Waals surface area contributed by atoms with E-state index in [0.29, 0.717) is 78.6 Å². The second-order valence-electron chi connectivity index (χ2n) is 7.04. The molecule has 1 aliphatic heterocycles. The first-order valence-electron chi connectivity index (χ1n) is 10.7. The number of benzene rings is 1.